The third-order valence-corrected chi connectivity index (χ3v) is 6.21. The largest absolute Gasteiger partial charge is 0.548 e. The highest BCUT2D eigenvalue weighted by atomic mass is 16.4. The van der Waals surface area contributed by atoms with Crippen molar-refractivity contribution in [2.24, 2.45) is 22.9 Å². The molecule has 13 nitrogen and oxygen atoms in total. The van der Waals surface area contributed by atoms with Crippen LogP contribution in [0, 0.1) is 0 Å². The number of nitrogens with two attached hydrogens (primary N) is 4. The van der Waals surface area contributed by atoms with Crippen molar-refractivity contribution in [3.63, 3.8) is 0 Å². The number of nitrogens with zero attached hydrogens (tertiary/aromatic N) is 1. The molecule has 0 aliphatic rings. The van der Waals surface area contributed by atoms with Crippen LogP contribution in [0.4, 0.5) is 0 Å². The molecule has 13 heteroatoms. The molecule has 0 fully saturated rings. The fourth-order valence-corrected chi connectivity index (χ4v) is 3.92. The van der Waals surface area contributed by atoms with E-state index < -0.39 is 48.0 Å². The summed E-state index contributed by atoms with van der Waals surface area (Å²) in [5.74, 6) is -4.67. The van der Waals surface area contributed by atoms with E-state index in [1.807, 2.05) is 16.8 Å². The molecule has 0 bridgehead atoms. The van der Waals surface area contributed by atoms with E-state index in [1.165, 1.54) is 0 Å². The summed E-state index contributed by atoms with van der Waals surface area (Å²) >= 11 is 0. The van der Waals surface area contributed by atoms with Crippen LogP contribution in [0.5, 0.6) is 0 Å². The summed E-state index contributed by atoms with van der Waals surface area (Å²) < 4.78 is 1.96. The predicted octanol–water partition coefficient (Wildman–Crippen LogP) is -2.35. The lowest BCUT2D eigenvalue weighted by molar-refractivity contribution is -0.705. The van der Waals surface area contributed by atoms with Crippen molar-refractivity contribution in [1.82, 2.24) is 0 Å². The van der Waals surface area contributed by atoms with Gasteiger partial charge in [0.2, 0.25) is 0 Å². The number of carbonyl (C=O) groups is 4. The first-order valence-corrected chi connectivity index (χ1v) is 12.3. The van der Waals surface area contributed by atoms with Crippen LogP contribution in [0.2, 0.25) is 0 Å². The minimum Gasteiger partial charge on any atom is -0.548 e. The van der Waals surface area contributed by atoms with Gasteiger partial charge < -0.3 is 48.2 Å². The second kappa shape index (κ2) is 15.9. The summed E-state index contributed by atoms with van der Waals surface area (Å²) in [6.07, 6.45) is 5.41. The van der Waals surface area contributed by atoms with Gasteiger partial charge in [0.1, 0.15) is 24.7 Å². The SMILES string of the molecule is NC(CCCC[n+]1cc(CCC(N)C(=O)O)cc(CCC(N)C(=O)O)c1CCCC(N)C(=O)O)C(=O)[O-]. The molecule has 0 saturated heterocycles. The van der Waals surface area contributed by atoms with Gasteiger partial charge in [0, 0.05) is 30.0 Å². The molecule has 1 heterocycles. The predicted molar refractivity (Wildman–Crippen MR) is 130 cm³/mol. The number of carboxylic acid groups (broad SMARTS) is 4. The standard InChI is InChI=1S/C24H39N5O8/c25-16(21(30)31)4-1-2-11-29-13-14(7-9-18(27)23(34)35)12-15(8-10-19(28)24(36)37)20(29)6-3-5-17(26)22(32)33/h12-13,16-19H,1-11,25-28H2,(H3-,30,31,32,33,34,35,36,37). The van der Waals surface area contributed by atoms with Gasteiger partial charge in [-0.3, -0.25) is 14.4 Å². The lowest BCUT2D eigenvalue weighted by atomic mass is 9.96. The number of aryl methyl sites for hydroxylation is 3. The normalized spacial score (nSPS) is 14.5. The van der Waals surface area contributed by atoms with Crippen LogP contribution >= 0.6 is 0 Å². The van der Waals surface area contributed by atoms with E-state index in [0.29, 0.717) is 45.1 Å². The second-order valence-electron chi connectivity index (χ2n) is 9.24. The molecular formula is C24H39N5O8. The summed E-state index contributed by atoms with van der Waals surface area (Å²) in [6.45, 7) is 0.483. The Kier molecular flexibility index (Phi) is 13.7. The minimum atomic E-state index is -1.32. The highest BCUT2D eigenvalue weighted by Gasteiger charge is 2.22. The van der Waals surface area contributed by atoms with Crippen LogP contribution in [-0.2, 0) is 45.0 Å². The summed E-state index contributed by atoms with van der Waals surface area (Å²) in [4.78, 5) is 44.4. The summed E-state index contributed by atoms with van der Waals surface area (Å²) in [5.41, 5.74) is 25.0. The van der Waals surface area contributed by atoms with Crippen LogP contribution < -0.4 is 32.6 Å². The van der Waals surface area contributed by atoms with Gasteiger partial charge in [0.25, 0.3) is 0 Å². The van der Waals surface area contributed by atoms with Gasteiger partial charge in [-0.2, -0.15) is 0 Å². The third kappa shape index (κ3) is 11.6. The van der Waals surface area contributed by atoms with Crippen LogP contribution in [0.3, 0.4) is 0 Å². The molecule has 208 valence electrons. The molecular weight excluding hydrogens is 486 g/mol. The molecule has 1 rings (SSSR count). The fourth-order valence-electron chi connectivity index (χ4n) is 3.92. The van der Waals surface area contributed by atoms with E-state index in [4.69, 9.17) is 33.1 Å². The van der Waals surface area contributed by atoms with Gasteiger partial charge >= 0.3 is 17.9 Å². The zero-order valence-electron chi connectivity index (χ0n) is 20.9. The Morgan fingerprint density at radius 1 is 0.730 bits per heavy atom. The quantitative estimate of drug-likeness (QED) is 0.0739. The Labute approximate surface area is 215 Å². The zero-order chi connectivity index (χ0) is 28.1. The van der Waals surface area contributed by atoms with Crippen LogP contribution in [0.15, 0.2) is 12.3 Å². The van der Waals surface area contributed by atoms with Gasteiger partial charge in [0.05, 0.1) is 5.97 Å². The van der Waals surface area contributed by atoms with Gasteiger partial charge in [-0.15, -0.1) is 0 Å². The average molecular weight is 526 g/mol. The minimum absolute atomic E-state index is 0.162. The van der Waals surface area contributed by atoms with Crippen molar-refractivity contribution in [2.75, 3.05) is 0 Å². The molecule has 0 saturated carbocycles. The van der Waals surface area contributed by atoms with Crippen LogP contribution in [0.25, 0.3) is 0 Å². The third-order valence-electron chi connectivity index (χ3n) is 6.21. The lowest BCUT2D eigenvalue weighted by Gasteiger charge is -2.15. The van der Waals surface area contributed by atoms with Crippen molar-refractivity contribution >= 4 is 23.9 Å². The molecule has 4 atom stereocenters. The molecule has 4 unspecified atom stereocenters. The van der Waals surface area contributed by atoms with Gasteiger partial charge in [-0.25, -0.2) is 4.57 Å². The number of hydrogen-bond donors (Lipinski definition) is 7. The maximum Gasteiger partial charge on any atom is 0.320 e. The lowest BCUT2D eigenvalue weighted by Crippen LogP contribution is -2.43. The Morgan fingerprint density at radius 2 is 1.24 bits per heavy atom. The number of aliphatic carboxylic acids is 4. The van der Waals surface area contributed by atoms with Crippen molar-refractivity contribution in [3.05, 3.63) is 29.1 Å². The van der Waals surface area contributed by atoms with E-state index in [-0.39, 0.29) is 25.7 Å². The molecule has 0 amide bonds. The topological polar surface area (TPSA) is 260 Å². The Bertz CT molecular complexity index is 942. The molecule has 0 spiro atoms. The van der Waals surface area contributed by atoms with Crippen molar-refractivity contribution in [3.8, 4) is 0 Å². The van der Waals surface area contributed by atoms with Crippen molar-refractivity contribution < 1.29 is 44.2 Å². The maximum absolute atomic E-state index is 11.2. The molecule has 0 radical (unpaired) electrons. The monoisotopic (exact) mass is 525 g/mol. The molecule has 0 aromatic carbocycles. The number of carbonyl (C=O) groups excluding carboxylic acids is 1. The smallest absolute Gasteiger partial charge is 0.320 e. The number of rotatable bonds is 19. The van der Waals surface area contributed by atoms with E-state index in [9.17, 15) is 29.4 Å². The highest BCUT2D eigenvalue weighted by Crippen LogP contribution is 2.17. The van der Waals surface area contributed by atoms with Gasteiger partial charge in [0.15, 0.2) is 11.9 Å². The van der Waals surface area contributed by atoms with E-state index >= 15 is 0 Å². The first kappa shape index (κ1) is 31.9. The number of unbranched alkanes of at least 4 members (excludes halogenated alkanes) is 1. The molecule has 1 aromatic rings. The Hall–Kier alpha value is -3.13. The number of pyridine rings is 1. The van der Waals surface area contributed by atoms with Gasteiger partial charge in [-0.05, 0) is 57.4 Å². The highest BCUT2D eigenvalue weighted by molar-refractivity contribution is 5.73. The van der Waals surface area contributed by atoms with Gasteiger partial charge in [-0.1, -0.05) is 0 Å². The first-order valence-electron chi connectivity index (χ1n) is 12.3. The molecule has 0 aliphatic heterocycles. The van der Waals surface area contributed by atoms with E-state index in [1.54, 1.807) is 0 Å². The molecule has 11 N–H and O–H groups in total. The first-order chi connectivity index (χ1) is 17.3. The maximum atomic E-state index is 11.2. The van der Waals surface area contributed by atoms with Crippen LogP contribution in [-0.4, -0.2) is 63.4 Å². The van der Waals surface area contributed by atoms with Crippen LogP contribution in [0.1, 0.15) is 61.8 Å². The summed E-state index contributed by atoms with van der Waals surface area (Å²) in [6, 6.07) is -2.32. The number of hydrogen-bond acceptors (Lipinski definition) is 9. The average Bonchev–Trinajstić information content (AvgIpc) is 2.83. The van der Waals surface area contributed by atoms with Crippen molar-refractivity contribution in [2.45, 2.75) is 94.9 Å². The summed E-state index contributed by atoms with van der Waals surface area (Å²) in [7, 11) is 0. The second-order valence-corrected chi connectivity index (χ2v) is 9.24. The Balaban J connectivity index is 3.24. The molecule has 1 aromatic heterocycles. The molecule has 37 heavy (non-hydrogen) atoms. The van der Waals surface area contributed by atoms with Crippen molar-refractivity contribution in [1.29, 1.82) is 0 Å². The number of aromatic nitrogens is 1. The van der Waals surface area contributed by atoms with E-state index in [2.05, 4.69) is 0 Å². The fraction of sp³-hybridized carbons (Fsp3) is 0.625. The van der Waals surface area contributed by atoms with E-state index in [0.717, 1.165) is 16.8 Å². The summed E-state index contributed by atoms with van der Waals surface area (Å²) in [5, 5.41) is 38.3. The molecule has 0 aliphatic carbocycles. The zero-order valence-corrected chi connectivity index (χ0v) is 20.9. The number of carboxylic acids is 4. The Morgan fingerprint density at radius 3 is 1.78 bits per heavy atom.